The van der Waals surface area contributed by atoms with Gasteiger partial charge in [0, 0.05) is 44.0 Å². The van der Waals surface area contributed by atoms with Gasteiger partial charge in [-0.3, -0.25) is 14.3 Å². The van der Waals surface area contributed by atoms with Gasteiger partial charge in [0.1, 0.15) is 17.0 Å². The van der Waals surface area contributed by atoms with Gasteiger partial charge in [0.15, 0.2) is 12.2 Å². The average Bonchev–Trinajstić information content (AvgIpc) is 3.74. The number of ether oxygens (including phenoxy) is 1. The summed E-state index contributed by atoms with van der Waals surface area (Å²) < 4.78 is 13.8. The Hall–Kier alpha value is -4.73. The Morgan fingerprint density at radius 3 is 2.45 bits per heavy atom. The second kappa shape index (κ2) is 11.3. The number of benzene rings is 2. The van der Waals surface area contributed by atoms with E-state index in [-0.39, 0.29) is 24.5 Å². The summed E-state index contributed by atoms with van der Waals surface area (Å²) in [5.41, 5.74) is 2.83. The molecule has 5 aromatic rings. The number of hydrogen-bond acceptors (Lipinski definition) is 7. The van der Waals surface area contributed by atoms with Crippen molar-refractivity contribution in [1.29, 1.82) is 0 Å². The van der Waals surface area contributed by atoms with Gasteiger partial charge in [0.25, 0.3) is 11.8 Å². The topological polar surface area (TPSA) is 107 Å². The van der Waals surface area contributed by atoms with E-state index in [4.69, 9.17) is 14.1 Å². The fraction of sp³-hybridized carbons (Fsp3) is 0.344. The normalized spacial score (nSPS) is 16.3. The van der Waals surface area contributed by atoms with Crippen LogP contribution in [-0.4, -0.2) is 67.5 Å². The SMILES string of the molecule is O=C(c1cc(C(=O)N2CCCCC2)c2cc(OCc3nc4ccccc4o3)ccc2n1)N1CCC(n2cccn2)CC1. The Labute approximate surface area is 242 Å². The zero-order valence-electron chi connectivity index (χ0n) is 23.3. The number of amides is 2. The highest BCUT2D eigenvalue weighted by molar-refractivity contribution is 6.09. The van der Waals surface area contributed by atoms with Gasteiger partial charge in [-0.1, -0.05) is 12.1 Å². The van der Waals surface area contributed by atoms with Crippen molar-refractivity contribution in [3.05, 3.63) is 84.1 Å². The van der Waals surface area contributed by atoms with Crippen LogP contribution in [0.15, 0.2) is 71.4 Å². The van der Waals surface area contributed by atoms with Crippen LogP contribution in [0.2, 0.25) is 0 Å². The van der Waals surface area contributed by atoms with Gasteiger partial charge in [-0.25, -0.2) is 9.97 Å². The molecule has 0 unspecified atom stereocenters. The Morgan fingerprint density at radius 2 is 1.67 bits per heavy atom. The summed E-state index contributed by atoms with van der Waals surface area (Å²) in [4.78, 5) is 40.4. The van der Waals surface area contributed by atoms with Crippen molar-refractivity contribution in [3.63, 3.8) is 0 Å². The number of oxazole rings is 1. The number of rotatable bonds is 6. The van der Waals surface area contributed by atoms with Crippen LogP contribution in [0.3, 0.4) is 0 Å². The van der Waals surface area contributed by atoms with E-state index in [0.29, 0.717) is 65.6 Å². The van der Waals surface area contributed by atoms with Crippen molar-refractivity contribution in [2.45, 2.75) is 44.8 Å². The van der Waals surface area contributed by atoms with Crippen molar-refractivity contribution in [1.82, 2.24) is 29.5 Å². The third-order valence-corrected chi connectivity index (χ3v) is 8.22. The molecular weight excluding hydrogens is 532 g/mol. The molecule has 0 atom stereocenters. The molecule has 3 aromatic heterocycles. The third kappa shape index (κ3) is 5.20. The number of carbonyl (C=O) groups excluding carboxylic acids is 2. The molecule has 0 bridgehead atoms. The number of likely N-dealkylation sites (tertiary alicyclic amines) is 2. The zero-order valence-corrected chi connectivity index (χ0v) is 23.3. The predicted octanol–water partition coefficient (Wildman–Crippen LogP) is 5.25. The lowest BCUT2D eigenvalue weighted by Gasteiger charge is -2.32. The van der Waals surface area contributed by atoms with E-state index < -0.39 is 0 Å². The first-order valence-electron chi connectivity index (χ1n) is 14.6. The molecule has 7 rings (SSSR count). The lowest BCUT2D eigenvalue weighted by atomic mass is 10.0. The van der Waals surface area contributed by atoms with Crippen LogP contribution in [0.5, 0.6) is 5.75 Å². The quantitative estimate of drug-likeness (QED) is 0.277. The molecule has 0 spiro atoms. The van der Waals surface area contributed by atoms with Crippen LogP contribution >= 0.6 is 0 Å². The molecule has 0 N–H and O–H groups in total. The van der Waals surface area contributed by atoms with Gasteiger partial charge >= 0.3 is 0 Å². The molecule has 5 heterocycles. The minimum absolute atomic E-state index is 0.0790. The van der Waals surface area contributed by atoms with Gasteiger partial charge in [-0.05, 0) is 74.6 Å². The van der Waals surface area contributed by atoms with E-state index in [1.54, 1.807) is 18.3 Å². The zero-order chi connectivity index (χ0) is 28.5. The van der Waals surface area contributed by atoms with Gasteiger partial charge in [-0.15, -0.1) is 0 Å². The van der Waals surface area contributed by atoms with E-state index in [1.807, 2.05) is 63.1 Å². The first-order valence-corrected chi connectivity index (χ1v) is 14.6. The first-order chi connectivity index (χ1) is 20.6. The summed E-state index contributed by atoms with van der Waals surface area (Å²) in [6.45, 7) is 2.79. The highest BCUT2D eigenvalue weighted by Crippen LogP contribution is 2.29. The number of aromatic nitrogens is 4. The molecule has 2 amide bonds. The summed E-state index contributed by atoms with van der Waals surface area (Å²) in [6, 6.07) is 16.9. The number of para-hydroxylation sites is 2. The lowest BCUT2D eigenvalue weighted by molar-refractivity contribution is 0.0684. The Balaban J connectivity index is 1.16. The number of hydrogen-bond donors (Lipinski definition) is 0. The van der Waals surface area contributed by atoms with Crippen LogP contribution in [0.25, 0.3) is 22.0 Å². The van der Waals surface area contributed by atoms with Gasteiger partial charge in [0.2, 0.25) is 5.89 Å². The number of pyridine rings is 1. The van der Waals surface area contributed by atoms with Crippen LogP contribution < -0.4 is 4.74 Å². The first kappa shape index (κ1) is 26.2. The van der Waals surface area contributed by atoms with Crippen LogP contribution in [0.1, 0.15) is 64.9 Å². The minimum Gasteiger partial charge on any atom is -0.484 e. The molecule has 0 aliphatic carbocycles. The molecule has 214 valence electrons. The third-order valence-electron chi connectivity index (χ3n) is 8.22. The molecule has 10 heteroatoms. The Morgan fingerprint density at radius 1 is 0.857 bits per heavy atom. The summed E-state index contributed by atoms with van der Waals surface area (Å²) >= 11 is 0. The summed E-state index contributed by atoms with van der Waals surface area (Å²) in [5, 5.41) is 5.03. The van der Waals surface area contributed by atoms with Crippen molar-refractivity contribution in [3.8, 4) is 5.75 Å². The molecule has 0 radical (unpaired) electrons. The average molecular weight is 565 g/mol. The molecular formula is C32H32N6O4. The molecule has 0 saturated carbocycles. The monoisotopic (exact) mass is 564 g/mol. The fourth-order valence-electron chi connectivity index (χ4n) is 5.97. The maximum atomic E-state index is 13.8. The molecule has 42 heavy (non-hydrogen) atoms. The van der Waals surface area contributed by atoms with Crippen LogP contribution in [0.4, 0.5) is 0 Å². The Bertz CT molecular complexity index is 1700. The summed E-state index contributed by atoms with van der Waals surface area (Å²) in [6.07, 6.45) is 8.46. The Kier molecular flexibility index (Phi) is 7.03. The maximum absolute atomic E-state index is 13.8. The smallest absolute Gasteiger partial charge is 0.272 e. The fourth-order valence-corrected chi connectivity index (χ4v) is 5.97. The molecule has 2 fully saturated rings. The van der Waals surface area contributed by atoms with Gasteiger partial charge in [0.05, 0.1) is 17.1 Å². The number of piperidine rings is 2. The van der Waals surface area contributed by atoms with Crippen LogP contribution in [-0.2, 0) is 6.61 Å². The molecule has 2 aliphatic heterocycles. The van der Waals surface area contributed by atoms with E-state index >= 15 is 0 Å². The molecule has 2 saturated heterocycles. The largest absolute Gasteiger partial charge is 0.484 e. The van der Waals surface area contributed by atoms with E-state index in [0.717, 1.165) is 37.6 Å². The van der Waals surface area contributed by atoms with Crippen molar-refractivity contribution < 1.29 is 18.7 Å². The predicted molar refractivity (Wildman–Crippen MR) is 156 cm³/mol. The molecule has 2 aromatic carbocycles. The standard InChI is InChI=1S/C32H32N6O4/c39-31(36-14-4-1-5-15-36)25-20-28(32(40)37-17-11-22(12-18-37)38-16-6-13-33-38)34-26-10-9-23(19-24(25)26)41-21-30-35-27-7-2-3-8-29(27)42-30/h2-3,6-10,13,16,19-20,22H,1,4-5,11-12,14-15,17-18,21H2. The summed E-state index contributed by atoms with van der Waals surface area (Å²) in [7, 11) is 0. The highest BCUT2D eigenvalue weighted by atomic mass is 16.5. The number of fused-ring (bicyclic) bond motifs is 2. The highest BCUT2D eigenvalue weighted by Gasteiger charge is 2.28. The maximum Gasteiger partial charge on any atom is 0.272 e. The minimum atomic E-state index is -0.153. The second-order valence-corrected chi connectivity index (χ2v) is 11.0. The number of carbonyl (C=O) groups is 2. The second-order valence-electron chi connectivity index (χ2n) is 11.0. The lowest BCUT2D eigenvalue weighted by Crippen LogP contribution is -2.40. The summed E-state index contributed by atoms with van der Waals surface area (Å²) in [5.74, 6) is 0.805. The molecule has 2 aliphatic rings. The van der Waals surface area contributed by atoms with E-state index in [2.05, 4.69) is 10.1 Å². The van der Waals surface area contributed by atoms with Crippen molar-refractivity contribution in [2.24, 2.45) is 0 Å². The van der Waals surface area contributed by atoms with Gasteiger partial charge in [-0.2, -0.15) is 5.10 Å². The van der Waals surface area contributed by atoms with Crippen LogP contribution in [0, 0.1) is 0 Å². The van der Waals surface area contributed by atoms with Crippen molar-refractivity contribution >= 4 is 33.8 Å². The van der Waals surface area contributed by atoms with E-state index in [1.165, 1.54) is 0 Å². The van der Waals surface area contributed by atoms with E-state index in [9.17, 15) is 9.59 Å². The molecule has 10 nitrogen and oxygen atoms in total. The number of nitrogens with zero attached hydrogens (tertiary/aromatic N) is 6. The van der Waals surface area contributed by atoms with Gasteiger partial charge < -0.3 is 19.0 Å². The van der Waals surface area contributed by atoms with Crippen molar-refractivity contribution in [2.75, 3.05) is 26.2 Å².